The van der Waals surface area contributed by atoms with Crippen molar-refractivity contribution in [1.82, 2.24) is 4.98 Å². The molecule has 2 unspecified atom stereocenters. The van der Waals surface area contributed by atoms with Gasteiger partial charge in [-0.25, -0.2) is 4.39 Å². The number of alkyl halides is 1. The van der Waals surface area contributed by atoms with Crippen molar-refractivity contribution in [3.05, 3.63) is 35.9 Å². The number of aromatic nitrogens is 1. The third-order valence-electron chi connectivity index (χ3n) is 6.76. The van der Waals surface area contributed by atoms with Crippen molar-refractivity contribution in [2.45, 2.75) is 70.0 Å². The zero-order valence-electron chi connectivity index (χ0n) is 20.3. The number of cyclic esters (lactones) is 1. The van der Waals surface area contributed by atoms with Gasteiger partial charge in [-0.15, -0.1) is 0 Å². The molecule has 2 saturated heterocycles. The molecule has 10 heteroatoms. The Morgan fingerprint density at radius 3 is 2.63 bits per heavy atom. The van der Waals surface area contributed by atoms with E-state index in [1.165, 1.54) is 20.0 Å². The molecular formula is C25H33ClFNO7. The van der Waals surface area contributed by atoms with Gasteiger partial charge in [-0.3, -0.25) is 14.6 Å². The number of hydrogen-bond donors (Lipinski definition) is 2. The minimum absolute atomic E-state index is 0.0327. The van der Waals surface area contributed by atoms with Crippen molar-refractivity contribution in [2.75, 3.05) is 13.2 Å². The first-order valence-electron chi connectivity index (χ1n) is 11.7. The smallest absolute Gasteiger partial charge is 0.309 e. The van der Waals surface area contributed by atoms with Gasteiger partial charge in [0.05, 0.1) is 43.0 Å². The van der Waals surface area contributed by atoms with E-state index in [2.05, 4.69) is 4.98 Å². The summed E-state index contributed by atoms with van der Waals surface area (Å²) in [5.74, 6) is -3.31. The van der Waals surface area contributed by atoms with E-state index < -0.39 is 70.7 Å². The fourth-order valence-corrected chi connectivity index (χ4v) is 4.44. The summed E-state index contributed by atoms with van der Waals surface area (Å²) < 4.78 is 31.7. The van der Waals surface area contributed by atoms with E-state index in [1.807, 2.05) is 0 Å². The zero-order valence-corrected chi connectivity index (χ0v) is 21.1. The highest BCUT2D eigenvalue weighted by atomic mass is 35.5. The number of aliphatic hydroxyl groups is 2. The van der Waals surface area contributed by atoms with Gasteiger partial charge >= 0.3 is 5.97 Å². The van der Waals surface area contributed by atoms with Crippen LogP contribution >= 0.6 is 11.6 Å². The van der Waals surface area contributed by atoms with Crippen LogP contribution in [0.15, 0.2) is 30.2 Å². The second-order valence-electron chi connectivity index (χ2n) is 9.97. The van der Waals surface area contributed by atoms with Crippen molar-refractivity contribution >= 4 is 29.4 Å². The summed E-state index contributed by atoms with van der Waals surface area (Å²) in [5.41, 5.74) is -1.03. The van der Waals surface area contributed by atoms with E-state index in [0.717, 1.165) is 6.08 Å². The highest BCUT2D eigenvalue weighted by Crippen LogP contribution is 2.45. The fraction of sp³-hybridized carbons (Fsp3) is 0.640. The van der Waals surface area contributed by atoms with Crippen LogP contribution in [0.3, 0.4) is 0 Å². The molecule has 1 aromatic rings. The number of fused-ring (bicyclic) bond motifs is 1. The number of nitrogens with zero attached hydrogens (tertiary/aromatic N) is 1. The molecule has 2 N–H and O–H groups in total. The summed E-state index contributed by atoms with van der Waals surface area (Å²) in [6.45, 7) is 6.38. The summed E-state index contributed by atoms with van der Waals surface area (Å²) in [4.78, 5) is 29.8. The number of rotatable bonds is 2. The van der Waals surface area contributed by atoms with Crippen LogP contribution in [0.4, 0.5) is 4.39 Å². The molecule has 0 spiro atoms. The Labute approximate surface area is 209 Å². The first-order chi connectivity index (χ1) is 16.3. The maximum absolute atomic E-state index is 15.2. The van der Waals surface area contributed by atoms with E-state index >= 15 is 4.39 Å². The van der Waals surface area contributed by atoms with Gasteiger partial charge in [-0.1, -0.05) is 45.4 Å². The lowest BCUT2D eigenvalue weighted by Crippen LogP contribution is -2.46. The average molecular weight is 514 g/mol. The predicted molar refractivity (Wildman–Crippen MR) is 126 cm³/mol. The van der Waals surface area contributed by atoms with Crippen molar-refractivity contribution in [2.24, 2.45) is 17.3 Å². The summed E-state index contributed by atoms with van der Waals surface area (Å²) in [5, 5.41) is 20.2. The highest BCUT2D eigenvalue weighted by Gasteiger charge is 2.57. The quantitative estimate of drug-likeness (QED) is 0.352. The van der Waals surface area contributed by atoms with Gasteiger partial charge in [0.1, 0.15) is 17.7 Å². The van der Waals surface area contributed by atoms with Gasteiger partial charge in [0.25, 0.3) is 0 Å². The van der Waals surface area contributed by atoms with Gasteiger partial charge in [0.2, 0.25) is 0 Å². The number of esters is 1. The second kappa shape index (κ2) is 11.0. The first kappa shape index (κ1) is 27.7. The minimum atomic E-state index is -1.41. The molecule has 7 atom stereocenters. The van der Waals surface area contributed by atoms with Crippen LogP contribution in [0.2, 0.25) is 0 Å². The van der Waals surface area contributed by atoms with Crippen molar-refractivity contribution < 1.29 is 38.4 Å². The Morgan fingerprint density at radius 2 is 1.97 bits per heavy atom. The molecule has 194 valence electrons. The predicted octanol–water partition coefficient (Wildman–Crippen LogP) is 3.04. The monoisotopic (exact) mass is 513 g/mol. The Bertz CT molecular complexity index is 943. The molecule has 0 radical (unpaired) electrons. The van der Waals surface area contributed by atoms with Crippen molar-refractivity contribution in [1.29, 1.82) is 0 Å². The lowest BCUT2D eigenvalue weighted by molar-refractivity contribution is -0.155. The summed E-state index contributed by atoms with van der Waals surface area (Å²) in [6.07, 6.45) is -2.40. The number of ether oxygens (including phenoxy) is 3. The molecule has 3 rings (SSSR count). The Hall–Kier alpha value is -1.91. The standard InChI is InChI=1S/C25H33ClFNO7/c1-14-12-33-13-25(26)20(35-25)10-18(17(27)9-16-7-5-6-8-28-16)34-21(30)11-19(29)24(3,4)23(32)15(2)22(14)31/h5-9,14-15,18-20,22,29,31H,10-13H2,1-4H3/b17-9-/t14-,15+,18-,19-,20?,22-,25?/m0/s1. The van der Waals surface area contributed by atoms with Gasteiger partial charge in [-0.2, -0.15) is 0 Å². The molecule has 0 aromatic carbocycles. The molecule has 0 aliphatic carbocycles. The molecule has 2 aliphatic heterocycles. The largest absolute Gasteiger partial charge is 0.455 e. The van der Waals surface area contributed by atoms with E-state index in [9.17, 15) is 19.8 Å². The van der Waals surface area contributed by atoms with Crippen LogP contribution < -0.4 is 0 Å². The van der Waals surface area contributed by atoms with Crippen molar-refractivity contribution in [3.63, 3.8) is 0 Å². The normalized spacial score (nSPS) is 37.3. The van der Waals surface area contributed by atoms with Crippen LogP contribution in [0.1, 0.15) is 46.2 Å². The Kier molecular flexibility index (Phi) is 8.70. The summed E-state index contributed by atoms with van der Waals surface area (Å²) in [6, 6.07) is 4.97. The summed E-state index contributed by atoms with van der Waals surface area (Å²) in [7, 11) is 0. The lowest BCUT2D eigenvalue weighted by atomic mass is 9.73. The Balaban J connectivity index is 1.86. The molecule has 0 saturated carbocycles. The average Bonchev–Trinajstić information content (AvgIpc) is 3.45. The number of epoxide rings is 1. The maximum atomic E-state index is 15.2. The van der Waals surface area contributed by atoms with E-state index in [0.29, 0.717) is 5.69 Å². The lowest BCUT2D eigenvalue weighted by Gasteiger charge is -2.34. The van der Waals surface area contributed by atoms with Crippen molar-refractivity contribution in [3.8, 4) is 0 Å². The van der Waals surface area contributed by atoms with Gasteiger partial charge in [-0.05, 0) is 18.2 Å². The third kappa shape index (κ3) is 6.65. The third-order valence-corrected chi connectivity index (χ3v) is 7.20. The number of ketones is 1. The minimum Gasteiger partial charge on any atom is -0.455 e. The summed E-state index contributed by atoms with van der Waals surface area (Å²) >= 11 is 6.44. The molecule has 0 amide bonds. The molecular weight excluding hydrogens is 481 g/mol. The first-order valence-corrected chi connectivity index (χ1v) is 12.1. The van der Waals surface area contributed by atoms with E-state index in [4.69, 9.17) is 25.8 Å². The maximum Gasteiger partial charge on any atom is 0.309 e. The topological polar surface area (TPSA) is 118 Å². The number of carbonyl (C=O) groups excluding carboxylic acids is 2. The number of carbonyl (C=O) groups is 2. The second-order valence-corrected chi connectivity index (χ2v) is 10.6. The molecule has 8 nitrogen and oxygen atoms in total. The molecule has 2 fully saturated rings. The molecule has 3 heterocycles. The molecule has 1 aromatic heterocycles. The molecule has 35 heavy (non-hydrogen) atoms. The number of pyridine rings is 1. The van der Waals surface area contributed by atoms with E-state index in [1.54, 1.807) is 32.0 Å². The Morgan fingerprint density at radius 1 is 1.26 bits per heavy atom. The SMILES string of the molecule is C[C@H]1COCC2(Cl)OC2C[C@@H](/C(F)=C/c2ccccn2)OC(=O)C[C@H](O)C(C)(C)C(=O)[C@H](C)[C@H]1O. The zero-order chi connectivity index (χ0) is 26.0. The van der Waals surface area contributed by atoms with Crippen LogP contribution in [0.5, 0.6) is 0 Å². The number of halogens is 2. The van der Waals surface area contributed by atoms with Crippen LogP contribution in [0.25, 0.3) is 6.08 Å². The number of Topliss-reactive ketones (excluding diaryl/α,β-unsaturated/α-hetero) is 1. The highest BCUT2D eigenvalue weighted by molar-refractivity contribution is 6.25. The fourth-order valence-electron chi connectivity index (χ4n) is 4.16. The van der Waals surface area contributed by atoms with Gasteiger partial charge in [0.15, 0.2) is 11.2 Å². The molecule has 0 bridgehead atoms. The number of aliphatic hydroxyl groups excluding tert-OH is 2. The van der Waals surface area contributed by atoms with Gasteiger partial charge in [0, 0.05) is 24.5 Å². The molecule has 2 aliphatic rings. The van der Waals surface area contributed by atoms with Crippen LogP contribution in [-0.4, -0.2) is 69.6 Å². The van der Waals surface area contributed by atoms with Crippen LogP contribution in [0, 0.1) is 17.3 Å². The van der Waals surface area contributed by atoms with Crippen LogP contribution in [-0.2, 0) is 23.8 Å². The van der Waals surface area contributed by atoms with E-state index in [-0.39, 0.29) is 19.6 Å². The number of hydrogen-bond acceptors (Lipinski definition) is 8. The van der Waals surface area contributed by atoms with Gasteiger partial charge < -0.3 is 24.4 Å².